The summed E-state index contributed by atoms with van der Waals surface area (Å²) in [6.07, 6.45) is 1.99. The van der Waals surface area contributed by atoms with Gasteiger partial charge in [-0.1, -0.05) is 251 Å². The molecule has 5 aromatic carbocycles. The zero-order chi connectivity index (χ0) is 67.1. The Kier molecular flexibility index (Phi) is 15.8. The number of rotatable bonds is 5. The third kappa shape index (κ3) is 12.7. The standard InChI is InChI=1S/C84H98N6O2/c1-47(91)92-67-46-66-68(48-34-52(77(2,3)4)42-53(35-48)78(5,6)7)62-30-31-64(85-62)70(50-38-56(81(14,15)16)44-57(39-50)82(17,18)19)73-75-76(88-61-29-27-26-28-60(61)87-75)74(90-73)71(51-40-58(83(20,21)22)45-59(41-51)84(23,24)25)65-33-32-63(86-65)69(72(67)89-66)49-36-54(79(8,9)10)43-55(37-49)80(11,12)13/h26-46,85-86H,1-25H3. The second-order valence-electron chi connectivity index (χ2n) is 34.4. The lowest BCUT2D eigenvalue weighted by Crippen LogP contribution is -2.16. The molecule has 92 heavy (non-hydrogen) atoms. The molecule has 9 aromatic rings. The Balaban J connectivity index is 1.49. The van der Waals surface area contributed by atoms with Gasteiger partial charge in [-0.05, 0) is 146 Å². The van der Waals surface area contributed by atoms with E-state index < -0.39 is 5.97 Å². The maximum atomic E-state index is 13.9. The summed E-state index contributed by atoms with van der Waals surface area (Å²) in [5, 5.41) is 0. The summed E-state index contributed by atoms with van der Waals surface area (Å²) in [5.41, 5.74) is 24.0. The molecule has 8 heteroatoms. The summed E-state index contributed by atoms with van der Waals surface area (Å²) in [4.78, 5) is 45.6. The molecule has 0 spiro atoms. The van der Waals surface area contributed by atoms with Crippen molar-refractivity contribution in [3.63, 3.8) is 0 Å². The normalized spacial score (nSPS) is 13.6. The fourth-order valence-electron chi connectivity index (χ4n) is 12.5. The number of esters is 1. The molecule has 11 rings (SSSR count). The highest BCUT2D eigenvalue weighted by atomic mass is 16.5. The van der Waals surface area contributed by atoms with Crippen molar-refractivity contribution in [1.29, 1.82) is 0 Å². The zero-order valence-electron chi connectivity index (χ0n) is 59.7. The van der Waals surface area contributed by atoms with Gasteiger partial charge in [-0.3, -0.25) is 4.79 Å². The highest BCUT2D eigenvalue weighted by molar-refractivity contribution is 6.06. The number of carbonyl (C=O) groups is 1. The topological polar surface area (TPSA) is 109 Å². The smallest absolute Gasteiger partial charge is 0.308 e. The highest BCUT2D eigenvalue weighted by Gasteiger charge is 2.34. The number of hydrogen-bond donors (Lipinski definition) is 2. The molecule has 8 bridgehead atoms. The molecule has 0 fully saturated rings. The van der Waals surface area contributed by atoms with Crippen LogP contribution in [0, 0.1) is 0 Å². The average Bonchev–Trinajstić information content (AvgIpc) is 1.56. The molecule has 2 aliphatic rings. The third-order valence-electron chi connectivity index (χ3n) is 18.5. The van der Waals surface area contributed by atoms with Crippen molar-refractivity contribution in [2.75, 3.05) is 0 Å². The number of benzene rings is 5. The van der Waals surface area contributed by atoms with Crippen molar-refractivity contribution in [3.05, 3.63) is 177 Å². The number of H-pyrrole nitrogens is 2. The average molecular weight is 1220 g/mol. The molecular formula is C84H98N6O2. The van der Waals surface area contributed by atoms with Crippen molar-refractivity contribution in [2.24, 2.45) is 0 Å². The molecule has 0 unspecified atom stereocenters. The maximum Gasteiger partial charge on any atom is 0.308 e. The first-order chi connectivity index (χ1) is 42.4. The molecule has 0 aliphatic carbocycles. The third-order valence-corrected chi connectivity index (χ3v) is 18.5. The number of carbonyl (C=O) groups excluding carboxylic acids is 1. The Labute approximate surface area is 548 Å². The monoisotopic (exact) mass is 1220 g/mol. The molecule has 4 aromatic heterocycles. The molecule has 0 amide bonds. The number of fused-ring (bicyclic) bond motifs is 12. The Bertz CT molecular complexity index is 4560. The van der Waals surface area contributed by atoms with Gasteiger partial charge in [-0.2, -0.15) is 0 Å². The number of aromatic amines is 2. The van der Waals surface area contributed by atoms with Gasteiger partial charge in [0.2, 0.25) is 0 Å². The summed E-state index contributed by atoms with van der Waals surface area (Å²) in [5.74, 6) is -0.0784. The van der Waals surface area contributed by atoms with Crippen molar-refractivity contribution >= 4 is 50.9 Å². The summed E-state index contributed by atoms with van der Waals surface area (Å²) < 4.78 is 6.55. The van der Waals surface area contributed by atoms with Gasteiger partial charge in [0.15, 0.2) is 5.76 Å². The lowest BCUT2D eigenvalue weighted by molar-refractivity contribution is -0.134. The maximum absolute atomic E-state index is 13.9. The fourth-order valence-corrected chi connectivity index (χ4v) is 12.5. The number of ether oxygens (including phenoxy) is 1. The fraction of sp³-hybridized carbons (Fsp3) is 0.393. The van der Waals surface area contributed by atoms with Crippen molar-refractivity contribution < 1.29 is 9.53 Å². The van der Waals surface area contributed by atoms with Crippen LogP contribution in [0.15, 0.2) is 121 Å². The lowest BCUT2D eigenvalue weighted by atomic mass is 9.78. The highest BCUT2D eigenvalue weighted by Crippen LogP contribution is 2.50. The van der Waals surface area contributed by atoms with Gasteiger partial charge in [0.1, 0.15) is 28.5 Å². The van der Waals surface area contributed by atoms with Gasteiger partial charge in [-0.15, -0.1) is 0 Å². The molecule has 6 heterocycles. The van der Waals surface area contributed by atoms with E-state index in [-0.39, 0.29) is 43.3 Å². The van der Waals surface area contributed by atoms with Crippen LogP contribution in [0.5, 0.6) is 0 Å². The molecule has 2 N–H and O–H groups in total. The second-order valence-corrected chi connectivity index (χ2v) is 34.4. The largest absolute Gasteiger partial charge is 0.424 e. The van der Waals surface area contributed by atoms with E-state index in [4.69, 9.17) is 24.7 Å². The first-order valence-corrected chi connectivity index (χ1v) is 33.1. The van der Waals surface area contributed by atoms with E-state index in [9.17, 15) is 4.79 Å². The Morgan fingerprint density at radius 3 is 0.848 bits per heavy atom. The minimum absolute atomic E-state index is 0.212. The van der Waals surface area contributed by atoms with E-state index in [1.165, 1.54) is 51.4 Å². The van der Waals surface area contributed by atoms with E-state index in [2.05, 4.69) is 285 Å². The van der Waals surface area contributed by atoms with Gasteiger partial charge in [0.25, 0.3) is 0 Å². The van der Waals surface area contributed by atoms with Gasteiger partial charge in [-0.25, -0.2) is 19.9 Å². The molecule has 2 aliphatic heterocycles. The summed E-state index contributed by atoms with van der Waals surface area (Å²) >= 11 is 0. The minimum Gasteiger partial charge on any atom is -0.424 e. The van der Waals surface area contributed by atoms with Crippen LogP contribution in [0.2, 0.25) is 0 Å². The van der Waals surface area contributed by atoms with E-state index in [0.717, 1.165) is 77.6 Å². The van der Waals surface area contributed by atoms with Gasteiger partial charge < -0.3 is 14.7 Å². The number of nitrogens with one attached hydrogen (secondary N) is 2. The van der Waals surface area contributed by atoms with Crippen LogP contribution < -0.4 is 0 Å². The Morgan fingerprint density at radius 2 is 0.576 bits per heavy atom. The molecular weight excluding hydrogens is 1120 g/mol. The van der Waals surface area contributed by atoms with Crippen LogP contribution in [0.4, 0.5) is 0 Å². The number of para-hydroxylation sites is 2. The van der Waals surface area contributed by atoms with Gasteiger partial charge in [0.05, 0.1) is 16.7 Å². The Morgan fingerprint density at radius 1 is 0.315 bits per heavy atom. The lowest BCUT2D eigenvalue weighted by Gasteiger charge is -2.26. The SMILES string of the molecule is CC(=O)OC1=Cc2nc1c(-c1cc(C(C)(C)C)cc(C(C)(C)C)c1)c1ccc([nH]1)c(-c1cc(C(C)(C)C)cc(C(C)(C)C)c1)c1nc(c(-c3cc(C(C)(C)C)cc(C(C)(C)C)c3)c3ccc([nH]3)c2-c2cc(C(C)(C)C)cc(C(C)(C)C)c2)-c2nc3ccccc3nc2-1. The van der Waals surface area contributed by atoms with E-state index in [1.54, 1.807) is 0 Å². The van der Waals surface area contributed by atoms with E-state index in [1.807, 2.05) is 18.2 Å². The summed E-state index contributed by atoms with van der Waals surface area (Å²) in [7, 11) is 0. The number of aromatic nitrogens is 6. The van der Waals surface area contributed by atoms with Crippen LogP contribution in [0.25, 0.3) is 112 Å². The summed E-state index contributed by atoms with van der Waals surface area (Å²) in [6.45, 7) is 56.3. The van der Waals surface area contributed by atoms with Crippen LogP contribution >= 0.6 is 0 Å². The minimum atomic E-state index is -0.441. The molecule has 476 valence electrons. The number of hydrogen-bond acceptors (Lipinski definition) is 6. The first-order valence-electron chi connectivity index (χ1n) is 33.1. The quantitative estimate of drug-likeness (QED) is 0.166. The molecule has 0 saturated heterocycles. The van der Waals surface area contributed by atoms with Crippen LogP contribution in [0.1, 0.15) is 229 Å². The predicted octanol–water partition coefficient (Wildman–Crippen LogP) is 22.7. The van der Waals surface area contributed by atoms with Crippen molar-refractivity contribution in [1.82, 2.24) is 29.9 Å². The molecule has 0 saturated carbocycles. The van der Waals surface area contributed by atoms with E-state index in [0.29, 0.717) is 39.9 Å². The van der Waals surface area contributed by atoms with Crippen LogP contribution in [-0.2, 0) is 52.9 Å². The Hall–Kier alpha value is -8.23. The van der Waals surface area contributed by atoms with Crippen LogP contribution in [-0.4, -0.2) is 35.9 Å². The first kappa shape index (κ1) is 65.3. The van der Waals surface area contributed by atoms with E-state index >= 15 is 0 Å². The summed E-state index contributed by atoms with van der Waals surface area (Å²) in [6, 6.07) is 45.2. The van der Waals surface area contributed by atoms with Crippen molar-refractivity contribution in [3.8, 4) is 67.3 Å². The molecule has 0 radical (unpaired) electrons. The second kappa shape index (κ2) is 22.2. The van der Waals surface area contributed by atoms with Crippen LogP contribution in [0.3, 0.4) is 0 Å². The molecule has 8 nitrogen and oxygen atoms in total. The molecule has 0 atom stereocenters. The zero-order valence-corrected chi connectivity index (χ0v) is 59.7. The number of nitrogens with zero attached hydrogens (tertiary/aromatic N) is 4. The van der Waals surface area contributed by atoms with Gasteiger partial charge >= 0.3 is 5.97 Å². The van der Waals surface area contributed by atoms with Crippen molar-refractivity contribution in [2.45, 2.75) is 216 Å². The van der Waals surface area contributed by atoms with Gasteiger partial charge in [0, 0.05) is 57.3 Å². The predicted molar refractivity (Wildman–Crippen MR) is 390 cm³/mol.